The van der Waals surface area contributed by atoms with Crippen LogP contribution >= 0.6 is 0 Å². The second-order valence-corrected chi connectivity index (χ2v) is 8.01. The van der Waals surface area contributed by atoms with E-state index in [1.807, 2.05) is 45.9 Å². The van der Waals surface area contributed by atoms with Crippen molar-refractivity contribution in [1.82, 2.24) is 20.2 Å². The summed E-state index contributed by atoms with van der Waals surface area (Å²) in [7, 11) is -0.646. The molecule has 1 amide bonds. The van der Waals surface area contributed by atoms with Crippen LogP contribution in [0.1, 0.15) is 38.2 Å². The van der Waals surface area contributed by atoms with Gasteiger partial charge in [-0.2, -0.15) is 5.10 Å². The molecule has 1 fully saturated rings. The monoisotopic (exact) mass is 406 g/mol. The number of para-hydroxylation sites is 1. The average molecular weight is 406 g/mol. The number of nitrogens with zero attached hydrogens (tertiary/aromatic N) is 3. The highest BCUT2D eigenvalue weighted by Gasteiger charge is 2.52. The highest BCUT2D eigenvalue weighted by atomic mass is 16.7. The predicted octanol–water partition coefficient (Wildman–Crippen LogP) is 2.49. The molecule has 3 heterocycles. The summed E-state index contributed by atoms with van der Waals surface area (Å²) in [5, 5.41) is 12.8. The smallest absolute Gasteiger partial charge is 0.399 e. The van der Waals surface area contributed by atoms with Gasteiger partial charge in [0.1, 0.15) is 12.1 Å². The maximum atomic E-state index is 12.7. The predicted molar refractivity (Wildman–Crippen MR) is 114 cm³/mol. The SMILES string of the molecule is CC1(C)OB(c2cncnc2Nc2c[nH]nc2C(=O)Nc2ccccc2)OC1(C)C. The molecule has 0 radical (unpaired) electrons. The van der Waals surface area contributed by atoms with Gasteiger partial charge in [0.05, 0.1) is 16.9 Å². The zero-order valence-electron chi connectivity index (χ0n) is 17.3. The van der Waals surface area contributed by atoms with Crippen molar-refractivity contribution in [3.63, 3.8) is 0 Å². The second kappa shape index (κ2) is 7.54. The molecule has 9 nitrogen and oxygen atoms in total. The van der Waals surface area contributed by atoms with Crippen molar-refractivity contribution >= 4 is 35.7 Å². The third-order valence-electron chi connectivity index (χ3n) is 5.39. The van der Waals surface area contributed by atoms with Gasteiger partial charge in [-0.05, 0) is 39.8 Å². The van der Waals surface area contributed by atoms with E-state index in [0.717, 1.165) is 0 Å². The molecule has 0 bridgehead atoms. The Labute approximate surface area is 174 Å². The van der Waals surface area contributed by atoms with E-state index in [4.69, 9.17) is 9.31 Å². The lowest BCUT2D eigenvalue weighted by Gasteiger charge is -2.32. The van der Waals surface area contributed by atoms with Gasteiger partial charge < -0.3 is 19.9 Å². The van der Waals surface area contributed by atoms with Crippen molar-refractivity contribution in [1.29, 1.82) is 0 Å². The Balaban J connectivity index is 1.57. The number of anilines is 3. The first-order valence-electron chi connectivity index (χ1n) is 9.59. The van der Waals surface area contributed by atoms with Crippen molar-refractivity contribution in [3.8, 4) is 0 Å². The first-order chi connectivity index (χ1) is 14.3. The van der Waals surface area contributed by atoms with Crippen molar-refractivity contribution in [2.45, 2.75) is 38.9 Å². The number of rotatable bonds is 5. The minimum atomic E-state index is -0.646. The van der Waals surface area contributed by atoms with Crippen molar-refractivity contribution in [2.75, 3.05) is 10.6 Å². The van der Waals surface area contributed by atoms with Crippen LogP contribution in [0.5, 0.6) is 0 Å². The molecule has 2 aromatic heterocycles. The first kappa shape index (κ1) is 20.1. The zero-order valence-corrected chi connectivity index (χ0v) is 17.3. The summed E-state index contributed by atoms with van der Waals surface area (Å²) in [5.74, 6) is 0.120. The van der Waals surface area contributed by atoms with Crippen molar-refractivity contribution in [2.24, 2.45) is 0 Å². The number of nitrogens with one attached hydrogen (secondary N) is 3. The van der Waals surface area contributed by atoms with Gasteiger partial charge in [-0.3, -0.25) is 9.89 Å². The van der Waals surface area contributed by atoms with Crippen LogP contribution in [0.15, 0.2) is 49.1 Å². The van der Waals surface area contributed by atoms with Crippen LogP contribution in [0.3, 0.4) is 0 Å². The normalized spacial score (nSPS) is 17.0. The summed E-state index contributed by atoms with van der Waals surface area (Å²) in [6, 6.07) is 9.18. The lowest BCUT2D eigenvalue weighted by Crippen LogP contribution is -2.41. The van der Waals surface area contributed by atoms with E-state index in [9.17, 15) is 4.79 Å². The molecule has 30 heavy (non-hydrogen) atoms. The number of H-pyrrole nitrogens is 1. The third-order valence-corrected chi connectivity index (χ3v) is 5.39. The molecule has 3 aromatic rings. The van der Waals surface area contributed by atoms with E-state index < -0.39 is 18.3 Å². The van der Waals surface area contributed by atoms with E-state index >= 15 is 0 Å². The summed E-state index contributed by atoms with van der Waals surface area (Å²) in [5.41, 5.74) is 0.989. The van der Waals surface area contributed by atoms with E-state index in [0.29, 0.717) is 22.7 Å². The number of hydrogen-bond acceptors (Lipinski definition) is 7. The fourth-order valence-electron chi connectivity index (χ4n) is 2.99. The van der Waals surface area contributed by atoms with Crippen LogP contribution in [0.25, 0.3) is 0 Å². The minimum Gasteiger partial charge on any atom is -0.399 e. The van der Waals surface area contributed by atoms with Crippen LogP contribution in [-0.2, 0) is 9.31 Å². The summed E-state index contributed by atoms with van der Waals surface area (Å²) < 4.78 is 12.2. The Morgan fingerprint density at radius 1 is 1.10 bits per heavy atom. The van der Waals surface area contributed by atoms with Gasteiger partial charge in [-0.25, -0.2) is 9.97 Å². The Morgan fingerprint density at radius 2 is 1.80 bits per heavy atom. The quantitative estimate of drug-likeness (QED) is 0.558. The van der Waals surface area contributed by atoms with Crippen molar-refractivity contribution < 1.29 is 14.1 Å². The molecule has 0 aliphatic carbocycles. The molecule has 1 aromatic carbocycles. The first-order valence-corrected chi connectivity index (χ1v) is 9.59. The lowest BCUT2D eigenvalue weighted by atomic mass is 9.80. The molecule has 3 N–H and O–H groups in total. The summed E-state index contributed by atoms with van der Waals surface area (Å²) in [4.78, 5) is 21.1. The summed E-state index contributed by atoms with van der Waals surface area (Å²) >= 11 is 0. The molecular formula is C20H23BN6O3. The standard InChI is InChI=1S/C20H23BN6O3/c1-19(2)20(3,4)30-21(29-19)14-10-22-12-23-17(14)26-15-11-24-27-16(15)18(28)25-13-8-6-5-7-9-13/h5-12H,1-4H3,(H,24,27)(H,25,28)(H,22,23,26). The number of carbonyl (C=O) groups is 1. The van der Waals surface area contributed by atoms with Gasteiger partial charge >= 0.3 is 7.12 Å². The number of aromatic nitrogens is 4. The molecule has 0 saturated carbocycles. The topological polar surface area (TPSA) is 114 Å². The highest BCUT2D eigenvalue weighted by Crippen LogP contribution is 2.37. The minimum absolute atomic E-state index is 0.206. The van der Waals surface area contributed by atoms with Gasteiger partial charge in [0, 0.05) is 23.5 Å². The van der Waals surface area contributed by atoms with Crippen molar-refractivity contribution in [3.05, 3.63) is 54.7 Å². The number of benzene rings is 1. The van der Waals surface area contributed by atoms with Crippen LogP contribution in [0, 0.1) is 0 Å². The van der Waals surface area contributed by atoms with Gasteiger partial charge in [0.15, 0.2) is 5.69 Å². The summed E-state index contributed by atoms with van der Waals surface area (Å²) in [6.07, 6.45) is 4.65. The number of hydrogen-bond donors (Lipinski definition) is 3. The molecule has 0 spiro atoms. The third kappa shape index (κ3) is 3.79. The van der Waals surface area contributed by atoms with E-state index in [1.165, 1.54) is 6.33 Å². The maximum absolute atomic E-state index is 12.7. The molecule has 0 atom stereocenters. The molecular weight excluding hydrogens is 383 g/mol. The Hall–Kier alpha value is -3.24. The second-order valence-electron chi connectivity index (χ2n) is 8.01. The van der Waals surface area contributed by atoms with Gasteiger partial charge in [-0.15, -0.1) is 0 Å². The number of amides is 1. The molecule has 1 saturated heterocycles. The summed E-state index contributed by atoms with van der Waals surface area (Å²) in [6.45, 7) is 7.91. The molecule has 1 aliphatic rings. The van der Waals surface area contributed by atoms with Gasteiger partial charge in [0.2, 0.25) is 0 Å². The molecule has 10 heteroatoms. The van der Waals surface area contributed by atoms with E-state index in [-0.39, 0.29) is 11.6 Å². The van der Waals surface area contributed by atoms with Crippen LogP contribution in [-0.4, -0.2) is 44.4 Å². The molecule has 154 valence electrons. The highest BCUT2D eigenvalue weighted by molar-refractivity contribution is 6.63. The van der Waals surface area contributed by atoms with E-state index in [2.05, 4.69) is 30.8 Å². The lowest BCUT2D eigenvalue weighted by molar-refractivity contribution is 0.00578. The fraction of sp³-hybridized carbons (Fsp3) is 0.300. The maximum Gasteiger partial charge on any atom is 0.500 e. The van der Waals surface area contributed by atoms with Crippen LogP contribution in [0.4, 0.5) is 17.2 Å². The fourth-order valence-corrected chi connectivity index (χ4v) is 2.99. The Kier molecular flexibility index (Phi) is 5.04. The van der Waals surface area contributed by atoms with E-state index in [1.54, 1.807) is 24.5 Å². The molecule has 1 aliphatic heterocycles. The molecule has 4 rings (SSSR count). The van der Waals surface area contributed by atoms with Gasteiger partial charge in [0.25, 0.3) is 5.91 Å². The van der Waals surface area contributed by atoms with Crippen LogP contribution in [0.2, 0.25) is 0 Å². The number of carbonyl (C=O) groups excluding carboxylic acids is 1. The average Bonchev–Trinajstić information content (AvgIpc) is 3.24. The van der Waals surface area contributed by atoms with Gasteiger partial charge in [-0.1, -0.05) is 18.2 Å². The molecule has 0 unspecified atom stereocenters. The Morgan fingerprint density at radius 3 is 2.50 bits per heavy atom. The largest absolute Gasteiger partial charge is 0.500 e. The van der Waals surface area contributed by atoms with Crippen LogP contribution < -0.4 is 16.1 Å². The zero-order chi connectivity index (χ0) is 21.4. The number of aromatic amines is 1. The Bertz CT molecular complexity index is 1040.